The first-order chi connectivity index (χ1) is 20.8. The molecule has 2 aromatic carbocycles. The number of nitrogens with one attached hydrogen (secondary N) is 2. The molecule has 2 N–H and O–H groups in total. The summed E-state index contributed by atoms with van der Waals surface area (Å²) in [5.74, 6) is -0.805. The third-order valence-corrected chi connectivity index (χ3v) is 8.49. The second kappa shape index (κ2) is 13.9. The minimum Gasteiger partial charge on any atom is -0.493 e. The van der Waals surface area contributed by atoms with Gasteiger partial charge < -0.3 is 29.9 Å². The van der Waals surface area contributed by atoms with Gasteiger partial charge in [0, 0.05) is 62.7 Å². The lowest BCUT2D eigenvalue weighted by atomic mass is 10.1. The Kier molecular flexibility index (Phi) is 9.79. The van der Waals surface area contributed by atoms with Gasteiger partial charge in [0.25, 0.3) is 5.91 Å². The maximum atomic E-state index is 14.8. The van der Waals surface area contributed by atoms with Crippen LogP contribution in [0.4, 0.5) is 4.39 Å². The monoisotopic (exact) mass is 594 g/mol. The molecular weight excluding hydrogens is 555 g/mol. The first kappa shape index (κ1) is 30.3. The van der Waals surface area contributed by atoms with Crippen molar-refractivity contribution in [3.8, 4) is 17.2 Å². The number of fused-ring (bicyclic) bond motifs is 13. The van der Waals surface area contributed by atoms with Crippen LogP contribution in [0.1, 0.15) is 67.3 Å². The van der Waals surface area contributed by atoms with E-state index in [2.05, 4.69) is 10.6 Å². The lowest BCUT2D eigenvalue weighted by molar-refractivity contribution is -0.136. The van der Waals surface area contributed by atoms with Crippen molar-refractivity contribution < 1.29 is 33.0 Å². The Bertz CT molecular complexity index is 1360. The predicted octanol–water partition coefficient (Wildman–Crippen LogP) is 3.78. The van der Waals surface area contributed by atoms with Gasteiger partial charge in [-0.15, -0.1) is 0 Å². The number of nitrogens with zero attached hydrogens (tertiary/aromatic N) is 2. The zero-order chi connectivity index (χ0) is 30.3. The third kappa shape index (κ3) is 7.26. The minimum atomic E-state index is -0.534. The van der Waals surface area contributed by atoms with E-state index < -0.39 is 11.7 Å². The molecule has 3 heterocycles. The quantitative estimate of drug-likeness (QED) is 0.559. The molecule has 1 saturated carbocycles. The van der Waals surface area contributed by atoms with Gasteiger partial charge in [-0.1, -0.05) is 18.9 Å². The number of halogens is 1. The summed E-state index contributed by atoms with van der Waals surface area (Å²) < 4.78 is 26.2. The maximum Gasteiger partial charge on any atom is 0.251 e. The van der Waals surface area contributed by atoms with E-state index in [-0.39, 0.29) is 60.4 Å². The standard InChI is InChI=1S/C32H39FN4O6/c1-42-28-17-21-12-13-27(28)43-26-10-4-9-25(33)24(26)19-35-29(38)11-5-15-36(16-6-14-34-31(21)40)32(41)22-18-30(39)37(20-22)23-7-2-3-8-23/h4,9-10,12-13,17,22-23H,2-3,5-8,11,14-16,18-20H2,1H3,(H,34,40)(H,35,38). The van der Waals surface area contributed by atoms with Crippen LogP contribution in [0.2, 0.25) is 0 Å². The summed E-state index contributed by atoms with van der Waals surface area (Å²) in [5, 5.41) is 5.65. The van der Waals surface area contributed by atoms with E-state index in [4.69, 9.17) is 9.47 Å². The summed E-state index contributed by atoms with van der Waals surface area (Å²) in [7, 11) is 1.45. The molecule has 1 atom stereocenters. The average molecular weight is 595 g/mol. The predicted molar refractivity (Wildman–Crippen MR) is 156 cm³/mol. The van der Waals surface area contributed by atoms with E-state index in [1.807, 2.05) is 4.90 Å². The van der Waals surface area contributed by atoms with Crippen molar-refractivity contribution in [3.05, 3.63) is 53.3 Å². The van der Waals surface area contributed by atoms with E-state index in [1.54, 1.807) is 29.2 Å². The van der Waals surface area contributed by atoms with Gasteiger partial charge in [0.15, 0.2) is 11.5 Å². The Balaban J connectivity index is 1.32. The molecule has 2 fully saturated rings. The fourth-order valence-corrected chi connectivity index (χ4v) is 6.15. The van der Waals surface area contributed by atoms with Crippen LogP contribution in [0.3, 0.4) is 0 Å². The summed E-state index contributed by atoms with van der Waals surface area (Å²) in [6.45, 7) is 1.38. The van der Waals surface area contributed by atoms with Gasteiger partial charge >= 0.3 is 0 Å². The number of rotatable bonds is 3. The van der Waals surface area contributed by atoms with Gasteiger partial charge in [-0.2, -0.15) is 0 Å². The molecule has 1 unspecified atom stereocenters. The number of hydrogen-bond donors (Lipinski definition) is 2. The molecule has 1 aliphatic carbocycles. The number of ether oxygens (including phenoxy) is 2. The fourth-order valence-electron chi connectivity index (χ4n) is 6.15. The van der Waals surface area contributed by atoms with Crippen LogP contribution in [0.15, 0.2) is 36.4 Å². The average Bonchev–Trinajstić information content (AvgIpc) is 3.67. The van der Waals surface area contributed by atoms with Gasteiger partial charge in [-0.3, -0.25) is 19.2 Å². The smallest absolute Gasteiger partial charge is 0.251 e. The van der Waals surface area contributed by atoms with E-state index >= 15 is 0 Å². The molecular formula is C32H39FN4O6. The number of hydrogen-bond acceptors (Lipinski definition) is 6. The highest BCUT2D eigenvalue weighted by Crippen LogP contribution is 2.35. The number of methoxy groups -OCH3 is 1. The molecule has 0 radical (unpaired) electrons. The molecule has 2 aromatic rings. The zero-order valence-electron chi connectivity index (χ0n) is 24.5. The Morgan fingerprint density at radius 1 is 1.00 bits per heavy atom. The van der Waals surface area contributed by atoms with Gasteiger partial charge in [0.05, 0.1) is 13.0 Å². The van der Waals surface area contributed by atoms with Gasteiger partial charge in [0.2, 0.25) is 17.7 Å². The lowest BCUT2D eigenvalue weighted by Gasteiger charge is -2.27. The third-order valence-electron chi connectivity index (χ3n) is 8.49. The Morgan fingerprint density at radius 2 is 1.79 bits per heavy atom. The topological polar surface area (TPSA) is 117 Å². The van der Waals surface area contributed by atoms with Crippen molar-refractivity contribution in [2.75, 3.05) is 33.3 Å². The van der Waals surface area contributed by atoms with E-state index in [0.29, 0.717) is 56.1 Å². The van der Waals surface area contributed by atoms with Crippen molar-refractivity contribution in [2.45, 2.75) is 64.0 Å². The molecule has 4 aliphatic rings. The molecule has 2 bridgehead atoms. The maximum absolute atomic E-state index is 14.8. The molecule has 4 amide bonds. The number of carbonyl (C=O) groups is 4. The fraction of sp³-hybridized carbons (Fsp3) is 0.500. The van der Waals surface area contributed by atoms with Crippen molar-refractivity contribution >= 4 is 23.6 Å². The SMILES string of the molecule is COc1cc2ccc1Oc1cccc(F)c1CNC(=O)CCCN(C(=O)C1CC(=O)N(C3CCCC3)C1)CCCNC2=O. The molecule has 230 valence electrons. The number of likely N-dealkylation sites (tertiary alicyclic amines) is 1. The van der Waals surface area contributed by atoms with Crippen LogP contribution in [-0.4, -0.2) is 72.8 Å². The highest BCUT2D eigenvalue weighted by atomic mass is 19.1. The van der Waals surface area contributed by atoms with Crippen LogP contribution in [-0.2, 0) is 20.9 Å². The highest BCUT2D eigenvalue weighted by Gasteiger charge is 2.40. The van der Waals surface area contributed by atoms with Crippen molar-refractivity contribution in [3.63, 3.8) is 0 Å². The normalized spacial score (nSPS) is 20.9. The number of benzene rings is 2. The number of amides is 4. The second-order valence-electron chi connectivity index (χ2n) is 11.4. The summed E-state index contributed by atoms with van der Waals surface area (Å²) in [6.07, 6.45) is 5.43. The van der Waals surface area contributed by atoms with Gasteiger partial charge in [-0.25, -0.2) is 4.39 Å². The first-order valence-electron chi connectivity index (χ1n) is 15.1. The van der Waals surface area contributed by atoms with E-state index in [9.17, 15) is 23.6 Å². The lowest BCUT2D eigenvalue weighted by Crippen LogP contribution is -2.41. The summed E-state index contributed by atoms with van der Waals surface area (Å²) in [6, 6.07) is 9.33. The van der Waals surface area contributed by atoms with Crippen LogP contribution in [0, 0.1) is 11.7 Å². The minimum absolute atomic E-state index is 0.0344. The van der Waals surface area contributed by atoms with E-state index in [1.165, 1.54) is 19.2 Å². The molecule has 0 aromatic heterocycles. The Morgan fingerprint density at radius 3 is 2.58 bits per heavy atom. The first-order valence-corrected chi connectivity index (χ1v) is 15.1. The second-order valence-corrected chi connectivity index (χ2v) is 11.4. The molecule has 43 heavy (non-hydrogen) atoms. The number of carbonyl (C=O) groups excluding carboxylic acids is 4. The van der Waals surface area contributed by atoms with Crippen molar-refractivity contribution in [1.82, 2.24) is 20.4 Å². The van der Waals surface area contributed by atoms with E-state index in [0.717, 1.165) is 25.7 Å². The van der Waals surface area contributed by atoms with Gasteiger partial charge in [-0.05, 0) is 56.0 Å². The van der Waals surface area contributed by atoms with Crippen LogP contribution < -0.4 is 20.1 Å². The molecule has 6 rings (SSSR count). The summed E-state index contributed by atoms with van der Waals surface area (Å²) in [5.41, 5.74) is 0.533. The van der Waals surface area contributed by atoms with Gasteiger partial charge in [0.1, 0.15) is 11.6 Å². The largest absolute Gasteiger partial charge is 0.493 e. The van der Waals surface area contributed by atoms with Crippen LogP contribution in [0.5, 0.6) is 17.2 Å². The Labute approximate surface area is 250 Å². The van der Waals surface area contributed by atoms with Crippen molar-refractivity contribution in [1.29, 1.82) is 0 Å². The van der Waals surface area contributed by atoms with Crippen LogP contribution >= 0.6 is 0 Å². The summed E-state index contributed by atoms with van der Waals surface area (Å²) in [4.78, 5) is 55.6. The molecule has 3 aliphatic heterocycles. The molecule has 11 heteroatoms. The molecule has 1 saturated heterocycles. The van der Waals surface area contributed by atoms with Crippen molar-refractivity contribution in [2.24, 2.45) is 5.92 Å². The molecule has 0 spiro atoms. The zero-order valence-corrected chi connectivity index (χ0v) is 24.5. The van der Waals surface area contributed by atoms with Crippen LogP contribution in [0.25, 0.3) is 0 Å². The summed E-state index contributed by atoms with van der Waals surface area (Å²) >= 11 is 0. The highest BCUT2D eigenvalue weighted by molar-refractivity contribution is 5.95. The molecule has 10 nitrogen and oxygen atoms in total. The Hall–Kier alpha value is -4.15.